The Hall–Kier alpha value is -2.63. The molecular formula is C24H26N2O2S. The molecule has 4 rings (SSSR count). The summed E-state index contributed by atoms with van der Waals surface area (Å²) in [5.41, 5.74) is 11.0. The lowest BCUT2D eigenvalue weighted by molar-refractivity contribution is 0.416. The number of hydrogen-bond acceptors (Lipinski definition) is 4. The first-order valence-electron chi connectivity index (χ1n) is 9.87. The summed E-state index contributed by atoms with van der Waals surface area (Å²) < 4.78 is 6.52. The minimum Gasteiger partial charge on any atom is -0.496 e. The number of pyridine rings is 1. The average Bonchev–Trinajstić information content (AvgIpc) is 3.24. The van der Waals surface area contributed by atoms with Crippen LogP contribution >= 0.6 is 11.3 Å². The van der Waals surface area contributed by atoms with Crippen molar-refractivity contribution in [2.24, 2.45) is 11.7 Å². The van der Waals surface area contributed by atoms with Gasteiger partial charge in [0.1, 0.15) is 10.4 Å². The summed E-state index contributed by atoms with van der Waals surface area (Å²) in [4.78, 5) is 15.6. The second-order valence-corrected chi connectivity index (χ2v) is 8.68. The number of aryl methyl sites for hydroxylation is 1. The molecule has 3 N–H and O–H groups in total. The first-order valence-corrected chi connectivity index (χ1v) is 10.7. The van der Waals surface area contributed by atoms with Gasteiger partial charge in [-0.2, -0.15) is 0 Å². The molecule has 150 valence electrons. The number of ether oxygens (including phenoxy) is 1. The molecule has 0 spiro atoms. The van der Waals surface area contributed by atoms with Gasteiger partial charge in [-0.05, 0) is 59.5 Å². The molecule has 0 aliphatic carbocycles. The van der Waals surface area contributed by atoms with E-state index in [0.717, 1.165) is 43.4 Å². The van der Waals surface area contributed by atoms with E-state index in [4.69, 9.17) is 10.5 Å². The molecule has 0 bridgehead atoms. The number of hydrogen-bond donors (Lipinski definition) is 2. The molecule has 5 heteroatoms. The highest BCUT2D eigenvalue weighted by Gasteiger charge is 2.19. The highest BCUT2D eigenvalue weighted by atomic mass is 32.1. The van der Waals surface area contributed by atoms with E-state index in [-0.39, 0.29) is 5.56 Å². The summed E-state index contributed by atoms with van der Waals surface area (Å²) >= 11 is 1.47. The Labute approximate surface area is 174 Å². The SMILES string of the molecule is COc1cc(C)c2[nH]c(=O)c3sccc3c2c1-c1ccc(C(C)C(C)CN)cc1. The van der Waals surface area contributed by atoms with Gasteiger partial charge in [-0.3, -0.25) is 4.79 Å². The number of rotatable bonds is 5. The number of aromatic amines is 1. The molecule has 2 aromatic carbocycles. The molecule has 0 amide bonds. The molecule has 4 aromatic rings. The number of methoxy groups -OCH3 is 1. The fraction of sp³-hybridized carbons (Fsp3) is 0.292. The van der Waals surface area contributed by atoms with Crippen LogP contribution in [0.4, 0.5) is 0 Å². The van der Waals surface area contributed by atoms with Crippen LogP contribution in [-0.4, -0.2) is 18.6 Å². The van der Waals surface area contributed by atoms with Crippen molar-refractivity contribution in [3.63, 3.8) is 0 Å². The van der Waals surface area contributed by atoms with Crippen LogP contribution in [0.25, 0.3) is 32.1 Å². The van der Waals surface area contributed by atoms with E-state index in [0.29, 0.717) is 18.4 Å². The van der Waals surface area contributed by atoms with Gasteiger partial charge >= 0.3 is 0 Å². The van der Waals surface area contributed by atoms with E-state index in [1.165, 1.54) is 16.9 Å². The van der Waals surface area contributed by atoms with Crippen LogP contribution < -0.4 is 16.0 Å². The monoisotopic (exact) mass is 406 g/mol. The smallest absolute Gasteiger partial charge is 0.266 e. The number of nitrogens with one attached hydrogen (secondary N) is 1. The number of fused-ring (bicyclic) bond motifs is 3. The maximum Gasteiger partial charge on any atom is 0.266 e. The van der Waals surface area contributed by atoms with Gasteiger partial charge in [0.2, 0.25) is 0 Å². The van der Waals surface area contributed by atoms with E-state index < -0.39 is 0 Å². The number of benzene rings is 2. The zero-order valence-corrected chi connectivity index (χ0v) is 18.0. The summed E-state index contributed by atoms with van der Waals surface area (Å²) in [5.74, 6) is 1.63. The van der Waals surface area contributed by atoms with E-state index in [1.807, 2.05) is 24.4 Å². The van der Waals surface area contributed by atoms with Crippen molar-refractivity contribution in [2.75, 3.05) is 13.7 Å². The van der Waals surface area contributed by atoms with Crippen LogP contribution in [0.3, 0.4) is 0 Å². The maximum atomic E-state index is 12.5. The Balaban J connectivity index is 1.99. The summed E-state index contributed by atoms with van der Waals surface area (Å²) in [5, 5.41) is 3.98. The first kappa shape index (κ1) is 19.7. The maximum absolute atomic E-state index is 12.5. The van der Waals surface area contributed by atoms with Crippen molar-refractivity contribution in [1.82, 2.24) is 4.98 Å². The van der Waals surface area contributed by atoms with Crippen LogP contribution in [0.1, 0.15) is 30.9 Å². The van der Waals surface area contributed by atoms with Crippen molar-refractivity contribution < 1.29 is 4.74 Å². The van der Waals surface area contributed by atoms with Crippen molar-refractivity contribution in [1.29, 1.82) is 0 Å². The summed E-state index contributed by atoms with van der Waals surface area (Å²) in [6, 6.07) is 12.7. The zero-order chi connectivity index (χ0) is 20.7. The fourth-order valence-corrected chi connectivity index (χ4v) is 4.80. The Kier molecular flexibility index (Phi) is 5.19. The highest BCUT2D eigenvalue weighted by Crippen LogP contribution is 2.42. The lowest BCUT2D eigenvalue weighted by Crippen LogP contribution is -2.16. The predicted octanol–water partition coefficient (Wildman–Crippen LogP) is 5.43. The average molecular weight is 407 g/mol. The molecule has 2 aromatic heterocycles. The standard InChI is InChI=1S/C24H26N2O2S/c1-13-11-19(28-4)20(17-7-5-16(6-8-17)15(3)14(2)12-25)21-18-9-10-29-23(18)24(27)26-22(13)21/h5-11,14-15H,12,25H2,1-4H3,(H,26,27). The Morgan fingerprint density at radius 2 is 1.90 bits per heavy atom. The minimum absolute atomic E-state index is 0.0401. The Morgan fingerprint density at radius 1 is 1.17 bits per heavy atom. The molecule has 29 heavy (non-hydrogen) atoms. The second-order valence-electron chi connectivity index (χ2n) is 7.76. The zero-order valence-electron chi connectivity index (χ0n) is 17.2. The normalized spacial score (nSPS) is 13.7. The third-order valence-corrected chi connectivity index (χ3v) is 6.95. The molecule has 4 nitrogen and oxygen atoms in total. The molecule has 2 atom stereocenters. The van der Waals surface area contributed by atoms with Crippen LogP contribution in [0.15, 0.2) is 46.6 Å². The third-order valence-electron chi connectivity index (χ3n) is 6.04. The summed E-state index contributed by atoms with van der Waals surface area (Å²) in [7, 11) is 1.69. The van der Waals surface area contributed by atoms with Gasteiger partial charge in [-0.25, -0.2) is 0 Å². The molecule has 0 aliphatic heterocycles. The van der Waals surface area contributed by atoms with Gasteiger partial charge < -0.3 is 15.5 Å². The van der Waals surface area contributed by atoms with E-state index >= 15 is 0 Å². The molecule has 0 saturated heterocycles. The number of nitrogens with two attached hydrogens (primary N) is 1. The van der Waals surface area contributed by atoms with Crippen LogP contribution in [0, 0.1) is 12.8 Å². The fourth-order valence-electron chi connectivity index (χ4n) is 4.00. The molecule has 0 fully saturated rings. The van der Waals surface area contributed by atoms with Crippen LogP contribution in [0.2, 0.25) is 0 Å². The number of H-pyrrole nitrogens is 1. The lowest BCUT2D eigenvalue weighted by atomic mass is 9.87. The number of thiophene rings is 1. The molecule has 0 saturated carbocycles. The van der Waals surface area contributed by atoms with Crippen molar-refractivity contribution >= 4 is 32.3 Å². The quantitative estimate of drug-likeness (QED) is 0.465. The molecule has 0 radical (unpaired) electrons. The summed E-state index contributed by atoms with van der Waals surface area (Å²) in [6.45, 7) is 7.07. The third kappa shape index (κ3) is 3.24. The van der Waals surface area contributed by atoms with E-state index in [9.17, 15) is 4.79 Å². The second kappa shape index (κ2) is 7.65. The topological polar surface area (TPSA) is 68.1 Å². The van der Waals surface area contributed by atoms with Gasteiger partial charge in [0, 0.05) is 16.3 Å². The van der Waals surface area contributed by atoms with Gasteiger partial charge in [-0.1, -0.05) is 38.1 Å². The predicted molar refractivity (Wildman–Crippen MR) is 123 cm³/mol. The Bertz CT molecular complexity index is 1240. The lowest BCUT2D eigenvalue weighted by Gasteiger charge is -2.20. The van der Waals surface area contributed by atoms with E-state index in [2.05, 4.69) is 43.1 Å². The van der Waals surface area contributed by atoms with Crippen LogP contribution in [0.5, 0.6) is 5.75 Å². The van der Waals surface area contributed by atoms with Gasteiger partial charge in [-0.15, -0.1) is 11.3 Å². The Morgan fingerprint density at radius 3 is 2.55 bits per heavy atom. The summed E-state index contributed by atoms with van der Waals surface area (Å²) in [6.07, 6.45) is 0. The largest absolute Gasteiger partial charge is 0.496 e. The van der Waals surface area contributed by atoms with Gasteiger partial charge in [0.05, 0.1) is 12.6 Å². The minimum atomic E-state index is -0.0401. The molecule has 2 heterocycles. The van der Waals surface area contributed by atoms with Gasteiger partial charge in [0.15, 0.2) is 0 Å². The van der Waals surface area contributed by atoms with Crippen LogP contribution in [-0.2, 0) is 0 Å². The highest BCUT2D eigenvalue weighted by molar-refractivity contribution is 7.17. The molecule has 2 unspecified atom stereocenters. The number of aromatic nitrogens is 1. The van der Waals surface area contributed by atoms with Crippen molar-refractivity contribution in [2.45, 2.75) is 26.7 Å². The first-order chi connectivity index (χ1) is 14.0. The van der Waals surface area contributed by atoms with Crippen molar-refractivity contribution in [3.05, 3.63) is 63.3 Å². The molecule has 0 aliphatic rings. The molecular weight excluding hydrogens is 380 g/mol. The van der Waals surface area contributed by atoms with Crippen molar-refractivity contribution in [3.8, 4) is 16.9 Å². The van der Waals surface area contributed by atoms with E-state index in [1.54, 1.807) is 7.11 Å². The van der Waals surface area contributed by atoms with Gasteiger partial charge in [0.25, 0.3) is 5.56 Å².